The van der Waals surface area contributed by atoms with Gasteiger partial charge in [-0.15, -0.1) is 31.4 Å². The van der Waals surface area contributed by atoms with Crippen LogP contribution in [0.15, 0.2) is 61.2 Å². The van der Waals surface area contributed by atoms with Gasteiger partial charge in [0.25, 0.3) is 5.91 Å². The largest absolute Gasteiger partial charge is 0.508 e. The summed E-state index contributed by atoms with van der Waals surface area (Å²) in [6.45, 7) is 16.6. The Balaban J connectivity index is 0.00000289. The van der Waals surface area contributed by atoms with Crippen LogP contribution in [0.4, 0.5) is 0 Å². The molecule has 1 amide bonds. The van der Waals surface area contributed by atoms with E-state index >= 15 is 0 Å². The predicted molar refractivity (Wildman–Crippen MR) is 146 cm³/mol. The maximum absolute atomic E-state index is 12.8. The predicted octanol–water partition coefficient (Wildman–Crippen LogP) is 5.39. The normalized spacial score (nSPS) is 19.4. The molecule has 34 heavy (non-hydrogen) atoms. The second-order valence-electron chi connectivity index (χ2n) is 8.73. The molecule has 1 aliphatic rings. The van der Waals surface area contributed by atoms with Gasteiger partial charge in [-0.3, -0.25) is 14.6 Å². The number of phenols is 1. The van der Waals surface area contributed by atoms with E-state index in [1.54, 1.807) is 6.07 Å². The Hall–Kier alpha value is -2.05. The van der Waals surface area contributed by atoms with Crippen LogP contribution in [0.2, 0.25) is 0 Å². The highest BCUT2D eigenvalue weighted by Gasteiger charge is 2.34. The lowest BCUT2D eigenvalue weighted by atomic mass is 9.92. The summed E-state index contributed by atoms with van der Waals surface area (Å²) in [6, 6.07) is 16.3. The number of amides is 1. The Morgan fingerprint density at radius 1 is 1.06 bits per heavy atom. The molecule has 0 saturated carbocycles. The molecule has 1 fully saturated rings. The first-order valence-electron chi connectivity index (χ1n) is 11.7. The molecule has 0 aliphatic carbocycles. The summed E-state index contributed by atoms with van der Waals surface area (Å²) < 4.78 is 0. The third-order valence-corrected chi connectivity index (χ3v) is 6.57. The topological polar surface area (TPSA) is 47.0 Å². The molecule has 7 heteroatoms. The lowest BCUT2D eigenvalue weighted by Gasteiger charge is -2.47. The smallest absolute Gasteiger partial charge is 0.253 e. The minimum atomic E-state index is 0. The summed E-state index contributed by atoms with van der Waals surface area (Å²) in [5, 5.41) is 10.2. The van der Waals surface area contributed by atoms with E-state index in [1.807, 2.05) is 49.1 Å². The molecule has 0 bridgehead atoms. The highest BCUT2D eigenvalue weighted by atomic mass is 35.5. The highest BCUT2D eigenvalue weighted by Crippen LogP contribution is 2.34. The SMILES string of the molecule is C=CCN1C[C@@H](C)N([C@H](c2ccc(C(=O)N(CC)CC)cc2)c2cccc(O)c2)C[C@@H]1C.Cl.Cl. The number of hydrogen-bond donors (Lipinski definition) is 1. The summed E-state index contributed by atoms with van der Waals surface area (Å²) in [5.41, 5.74) is 2.90. The lowest BCUT2D eigenvalue weighted by Crippen LogP contribution is -2.57. The zero-order valence-corrected chi connectivity index (χ0v) is 22.3. The summed E-state index contributed by atoms with van der Waals surface area (Å²) in [5.74, 6) is 0.335. The van der Waals surface area contributed by atoms with Crippen LogP contribution in [-0.2, 0) is 0 Å². The van der Waals surface area contributed by atoms with Crippen molar-refractivity contribution in [1.82, 2.24) is 14.7 Å². The van der Waals surface area contributed by atoms with E-state index in [0.29, 0.717) is 30.7 Å². The second-order valence-corrected chi connectivity index (χ2v) is 8.73. The molecular formula is C27H39Cl2N3O2. The molecule has 2 aromatic carbocycles. The maximum atomic E-state index is 12.8. The number of benzene rings is 2. The van der Waals surface area contributed by atoms with Crippen LogP contribution >= 0.6 is 24.8 Å². The first kappa shape index (κ1) is 30.0. The second kappa shape index (κ2) is 13.7. The minimum absolute atomic E-state index is 0. The van der Waals surface area contributed by atoms with E-state index in [1.165, 1.54) is 0 Å². The van der Waals surface area contributed by atoms with E-state index in [4.69, 9.17) is 0 Å². The number of phenolic OH excluding ortho intramolecular Hbond substituents is 1. The van der Waals surface area contributed by atoms with Crippen LogP contribution in [0, 0.1) is 0 Å². The van der Waals surface area contributed by atoms with Crippen molar-refractivity contribution in [3.8, 4) is 5.75 Å². The van der Waals surface area contributed by atoms with Gasteiger partial charge in [-0.1, -0.05) is 30.3 Å². The molecule has 188 valence electrons. The number of piperazine rings is 1. The van der Waals surface area contributed by atoms with Gasteiger partial charge in [0.05, 0.1) is 6.04 Å². The van der Waals surface area contributed by atoms with Crippen LogP contribution < -0.4 is 0 Å². The monoisotopic (exact) mass is 507 g/mol. The molecule has 1 N–H and O–H groups in total. The number of rotatable bonds is 8. The van der Waals surface area contributed by atoms with Gasteiger partial charge in [0.2, 0.25) is 0 Å². The van der Waals surface area contributed by atoms with Crippen LogP contribution in [0.3, 0.4) is 0 Å². The number of nitrogens with zero attached hydrogens (tertiary/aromatic N) is 3. The molecule has 2 aromatic rings. The van der Waals surface area contributed by atoms with Crippen molar-refractivity contribution >= 4 is 30.7 Å². The van der Waals surface area contributed by atoms with Gasteiger partial charge >= 0.3 is 0 Å². The Bertz CT molecular complexity index is 918. The van der Waals surface area contributed by atoms with Crippen molar-refractivity contribution in [2.75, 3.05) is 32.7 Å². The molecule has 1 saturated heterocycles. The van der Waals surface area contributed by atoms with Crippen molar-refractivity contribution in [3.63, 3.8) is 0 Å². The zero-order valence-electron chi connectivity index (χ0n) is 20.7. The molecule has 0 spiro atoms. The summed E-state index contributed by atoms with van der Waals surface area (Å²) in [4.78, 5) is 19.6. The Labute approximate surface area is 217 Å². The van der Waals surface area contributed by atoms with Crippen LogP contribution in [0.5, 0.6) is 5.75 Å². The van der Waals surface area contributed by atoms with Gasteiger partial charge in [-0.05, 0) is 63.1 Å². The van der Waals surface area contributed by atoms with Crippen molar-refractivity contribution in [2.45, 2.75) is 45.8 Å². The summed E-state index contributed by atoms with van der Waals surface area (Å²) in [7, 11) is 0. The summed E-state index contributed by atoms with van der Waals surface area (Å²) in [6.07, 6.45) is 1.97. The van der Waals surface area contributed by atoms with Crippen LogP contribution in [0.1, 0.15) is 55.2 Å². The molecule has 0 aromatic heterocycles. The fourth-order valence-electron chi connectivity index (χ4n) is 4.78. The van der Waals surface area contributed by atoms with Crippen molar-refractivity contribution in [2.24, 2.45) is 0 Å². The summed E-state index contributed by atoms with van der Waals surface area (Å²) >= 11 is 0. The van der Waals surface area contributed by atoms with Gasteiger partial charge in [-0.2, -0.15) is 0 Å². The molecule has 1 aliphatic heterocycles. The van der Waals surface area contributed by atoms with Gasteiger partial charge < -0.3 is 10.0 Å². The van der Waals surface area contributed by atoms with E-state index in [-0.39, 0.29) is 42.5 Å². The van der Waals surface area contributed by atoms with Gasteiger partial charge in [-0.25, -0.2) is 0 Å². The Morgan fingerprint density at radius 2 is 1.71 bits per heavy atom. The zero-order chi connectivity index (χ0) is 23.3. The number of aromatic hydroxyl groups is 1. The Morgan fingerprint density at radius 3 is 2.26 bits per heavy atom. The average molecular weight is 509 g/mol. The molecule has 0 radical (unpaired) electrons. The highest BCUT2D eigenvalue weighted by molar-refractivity contribution is 5.94. The van der Waals surface area contributed by atoms with Crippen LogP contribution in [-0.4, -0.2) is 70.5 Å². The third-order valence-electron chi connectivity index (χ3n) is 6.57. The molecule has 0 unspecified atom stereocenters. The lowest BCUT2D eigenvalue weighted by molar-refractivity contribution is 0.0306. The standard InChI is InChI=1S/C27H37N3O2.2ClH/c1-6-16-29-18-21(5)30(19-20(29)4)26(24-10-9-11-25(31)17-24)22-12-14-23(15-13-22)27(32)28(7-2)8-3;;/h6,9-15,17,20-21,26,31H,1,7-8,16,18-19H2,2-5H3;2*1H/t20-,21+,26+;;/m0../s1. The molecule has 1 heterocycles. The number of carbonyl (C=O) groups excluding carboxylic acids is 1. The fourth-order valence-corrected chi connectivity index (χ4v) is 4.78. The van der Waals surface area contributed by atoms with E-state index < -0.39 is 0 Å². The molecular weight excluding hydrogens is 469 g/mol. The molecule has 3 atom stereocenters. The number of hydrogen-bond acceptors (Lipinski definition) is 4. The van der Waals surface area contributed by atoms with Gasteiger partial charge in [0.15, 0.2) is 0 Å². The van der Waals surface area contributed by atoms with Crippen molar-refractivity contribution in [3.05, 3.63) is 77.9 Å². The first-order valence-corrected chi connectivity index (χ1v) is 11.7. The Kier molecular flexibility index (Phi) is 12.1. The van der Waals surface area contributed by atoms with Gasteiger partial charge in [0.1, 0.15) is 5.75 Å². The van der Waals surface area contributed by atoms with Crippen LogP contribution in [0.25, 0.3) is 0 Å². The maximum Gasteiger partial charge on any atom is 0.253 e. The number of carbonyl (C=O) groups is 1. The first-order chi connectivity index (χ1) is 15.4. The quantitative estimate of drug-likeness (QED) is 0.486. The van der Waals surface area contributed by atoms with Crippen molar-refractivity contribution < 1.29 is 9.90 Å². The average Bonchev–Trinajstić information content (AvgIpc) is 2.78. The van der Waals surface area contributed by atoms with Crippen molar-refractivity contribution in [1.29, 1.82) is 0 Å². The number of halogens is 2. The van der Waals surface area contributed by atoms with E-state index in [2.05, 4.69) is 48.4 Å². The third kappa shape index (κ3) is 6.76. The molecule has 5 nitrogen and oxygen atoms in total. The molecule has 3 rings (SSSR count). The van der Waals surface area contributed by atoms with E-state index in [9.17, 15) is 9.90 Å². The minimum Gasteiger partial charge on any atom is -0.508 e. The van der Waals surface area contributed by atoms with E-state index in [0.717, 1.165) is 30.8 Å². The fraction of sp³-hybridized carbons (Fsp3) is 0.444. The van der Waals surface area contributed by atoms with Gasteiger partial charge in [0, 0.05) is 50.4 Å².